The molecule has 0 saturated heterocycles. The first kappa shape index (κ1) is 17.0. The van der Waals surface area contributed by atoms with Crippen LogP contribution in [0.3, 0.4) is 0 Å². The molecule has 1 atom stereocenters. The second-order valence-corrected chi connectivity index (χ2v) is 7.03. The summed E-state index contributed by atoms with van der Waals surface area (Å²) in [7, 11) is 4.22. The monoisotopic (exact) mass is 346 g/mol. The summed E-state index contributed by atoms with van der Waals surface area (Å²) >= 11 is 9.71. The third-order valence-corrected chi connectivity index (χ3v) is 3.79. The molecule has 1 rings (SSSR count). The lowest BCUT2D eigenvalue weighted by atomic mass is 10.0. The minimum Gasteiger partial charge on any atom is -0.309 e. The fourth-order valence-corrected chi connectivity index (χ4v) is 2.76. The summed E-state index contributed by atoms with van der Waals surface area (Å²) in [6, 6.07) is 6.48. The van der Waals surface area contributed by atoms with Gasteiger partial charge in [-0.05, 0) is 50.2 Å². The average Bonchev–Trinajstić information content (AvgIpc) is 2.28. The maximum absolute atomic E-state index is 6.22. The van der Waals surface area contributed by atoms with Crippen LogP contribution >= 0.6 is 27.5 Å². The third-order valence-electron chi connectivity index (χ3n) is 2.93. The molecule has 0 fully saturated rings. The molecule has 1 unspecified atom stereocenters. The predicted octanol–water partition coefficient (Wildman–Crippen LogP) is 4.17. The van der Waals surface area contributed by atoms with Crippen LogP contribution in [-0.4, -0.2) is 31.6 Å². The number of hydrogen-bond acceptors (Lipinski definition) is 2. The standard InChI is InChI=1S/C15H24BrClN2/c1-11(2)7-14(10-19(3)4)18-9-12-8-13(16)5-6-15(12)17/h5-6,8,11,14,18H,7,9-10H2,1-4H3. The van der Waals surface area contributed by atoms with Gasteiger partial charge in [0.25, 0.3) is 0 Å². The van der Waals surface area contributed by atoms with Gasteiger partial charge in [-0.3, -0.25) is 0 Å². The molecule has 108 valence electrons. The van der Waals surface area contributed by atoms with Gasteiger partial charge in [0, 0.05) is 28.6 Å². The molecule has 0 bridgehead atoms. The topological polar surface area (TPSA) is 15.3 Å². The van der Waals surface area contributed by atoms with Crippen molar-refractivity contribution in [2.45, 2.75) is 32.9 Å². The molecule has 0 aliphatic heterocycles. The lowest BCUT2D eigenvalue weighted by molar-refractivity contribution is 0.305. The molecule has 0 spiro atoms. The van der Waals surface area contributed by atoms with E-state index in [2.05, 4.69) is 60.2 Å². The summed E-state index contributed by atoms with van der Waals surface area (Å²) in [5.41, 5.74) is 1.14. The Morgan fingerprint density at radius 3 is 2.58 bits per heavy atom. The predicted molar refractivity (Wildman–Crippen MR) is 87.8 cm³/mol. The number of nitrogens with one attached hydrogen (secondary N) is 1. The molecular weight excluding hydrogens is 324 g/mol. The molecule has 4 heteroatoms. The number of likely N-dealkylation sites (N-methyl/N-ethyl adjacent to an activating group) is 1. The minimum atomic E-state index is 0.491. The van der Waals surface area contributed by atoms with Crippen molar-refractivity contribution in [3.05, 3.63) is 33.3 Å². The Hall–Kier alpha value is -0.0900. The van der Waals surface area contributed by atoms with Gasteiger partial charge in [0.05, 0.1) is 0 Å². The lowest BCUT2D eigenvalue weighted by Crippen LogP contribution is -2.38. The number of rotatable bonds is 7. The van der Waals surface area contributed by atoms with Gasteiger partial charge in [0.2, 0.25) is 0 Å². The number of benzene rings is 1. The van der Waals surface area contributed by atoms with Crippen molar-refractivity contribution in [2.75, 3.05) is 20.6 Å². The van der Waals surface area contributed by atoms with Crippen molar-refractivity contribution >= 4 is 27.5 Å². The van der Waals surface area contributed by atoms with Crippen molar-refractivity contribution in [1.29, 1.82) is 0 Å². The van der Waals surface area contributed by atoms with Crippen LogP contribution in [0.25, 0.3) is 0 Å². The zero-order chi connectivity index (χ0) is 14.4. The second-order valence-electron chi connectivity index (χ2n) is 5.71. The van der Waals surface area contributed by atoms with Gasteiger partial charge in [-0.1, -0.05) is 41.4 Å². The molecule has 1 aromatic carbocycles. The SMILES string of the molecule is CC(C)CC(CN(C)C)NCc1cc(Br)ccc1Cl. The Morgan fingerprint density at radius 2 is 2.00 bits per heavy atom. The normalized spacial score (nSPS) is 13.3. The molecule has 1 aromatic rings. The summed E-state index contributed by atoms with van der Waals surface area (Å²) in [5, 5.41) is 4.44. The van der Waals surface area contributed by atoms with Crippen molar-refractivity contribution < 1.29 is 0 Å². The summed E-state index contributed by atoms with van der Waals surface area (Å²) in [6.45, 7) is 6.38. The Morgan fingerprint density at radius 1 is 1.32 bits per heavy atom. The summed E-state index contributed by atoms with van der Waals surface area (Å²) in [4.78, 5) is 2.22. The fraction of sp³-hybridized carbons (Fsp3) is 0.600. The van der Waals surface area contributed by atoms with Crippen LogP contribution in [0.1, 0.15) is 25.8 Å². The zero-order valence-electron chi connectivity index (χ0n) is 12.2. The van der Waals surface area contributed by atoms with E-state index in [1.165, 1.54) is 6.42 Å². The van der Waals surface area contributed by atoms with Crippen molar-refractivity contribution in [3.63, 3.8) is 0 Å². The number of hydrogen-bond donors (Lipinski definition) is 1. The summed E-state index contributed by atoms with van der Waals surface area (Å²) < 4.78 is 1.07. The molecular formula is C15H24BrClN2. The first-order valence-corrected chi connectivity index (χ1v) is 7.87. The second kappa shape index (κ2) is 8.25. The number of nitrogens with zero attached hydrogens (tertiary/aromatic N) is 1. The number of halogens is 2. The van der Waals surface area contributed by atoms with Crippen molar-refractivity contribution in [1.82, 2.24) is 10.2 Å². The molecule has 0 aromatic heterocycles. The van der Waals surface area contributed by atoms with E-state index < -0.39 is 0 Å². The Bertz CT molecular complexity index is 384. The van der Waals surface area contributed by atoms with Gasteiger partial charge in [0.1, 0.15) is 0 Å². The molecule has 0 amide bonds. The van der Waals surface area contributed by atoms with Crippen LogP contribution < -0.4 is 5.32 Å². The van der Waals surface area contributed by atoms with Gasteiger partial charge in [0.15, 0.2) is 0 Å². The largest absolute Gasteiger partial charge is 0.309 e. The maximum Gasteiger partial charge on any atom is 0.0451 e. The first-order chi connectivity index (χ1) is 8.88. The van der Waals surface area contributed by atoms with E-state index in [1.54, 1.807) is 0 Å². The quantitative estimate of drug-likeness (QED) is 0.796. The van der Waals surface area contributed by atoms with Crippen LogP contribution in [-0.2, 0) is 6.54 Å². The summed E-state index contributed by atoms with van der Waals surface area (Å²) in [5.74, 6) is 0.690. The highest BCUT2D eigenvalue weighted by molar-refractivity contribution is 9.10. The van der Waals surface area contributed by atoms with Crippen molar-refractivity contribution in [3.8, 4) is 0 Å². The third kappa shape index (κ3) is 6.75. The molecule has 0 aliphatic rings. The van der Waals surface area contributed by atoms with Gasteiger partial charge in [-0.2, -0.15) is 0 Å². The molecule has 0 saturated carbocycles. The van der Waals surface area contributed by atoms with E-state index >= 15 is 0 Å². The van der Waals surface area contributed by atoms with Crippen LogP contribution in [0.4, 0.5) is 0 Å². The first-order valence-electron chi connectivity index (χ1n) is 6.70. The fourth-order valence-electron chi connectivity index (χ4n) is 2.17. The Labute approximate surface area is 130 Å². The van der Waals surface area contributed by atoms with Crippen molar-refractivity contribution in [2.24, 2.45) is 5.92 Å². The Balaban J connectivity index is 2.61. The van der Waals surface area contributed by atoms with Crippen LogP contribution in [0, 0.1) is 5.92 Å². The van der Waals surface area contributed by atoms with Gasteiger partial charge >= 0.3 is 0 Å². The maximum atomic E-state index is 6.22. The van der Waals surface area contributed by atoms with Crippen LogP contribution in [0.15, 0.2) is 22.7 Å². The van der Waals surface area contributed by atoms with E-state index in [-0.39, 0.29) is 0 Å². The molecule has 0 radical (unpaired) electrons. The molecule has 2 nitrogen and oxygen atoms in total. The van der Waals surface area contributed by atoms with E-state index in [4.69, 9.17) is 11.6 Å². The zero-order valence-corrected chi connectivity index (χ0v) is 14.6. The van der Waals surface area contributed by atoms with Gasteiger partial charge < -0.3 is 10.2 Å². The smallest absolute Gasteiger partial charge is 0.0451 e. The highest BCUT2D eigenvalue weighted by atomic mass is 79.9. The van der Waals surface area contributed by atoms with Crippen LogP contribution in [0.2, 0.25) is 5.02 Å². The van der Waals surface area contributed by atoms with Gasteiger partial charge in [-0.25, -0.2) is 0 Å². The molecule has 1 N–H and O–H groups in total. The molecule has 0 aliphatic carbocycles. The Kier molecular flexibility index (Phi) is 7.37. The highest BCUT2D eigenvalue weighted by Crippen LogP contribution is 2.21. The van der Waals surface area contributed by atoms with E-state index in [0.717, 1.165) is 28.1 Å². The van der Waals surface area contributed by atoms with E-state index in [1.807, 2.05) is 12.1 Å². The van der Waals surface area contributed by atoms with E-state index in [0.29, 0.717) is 12.0 Å². The average molecular weight is 348 g/mol. The lowest BCUT2D eigenvalue weighted by Gasteiger charge is -2.24. The van der Waals surface area contributed by atoms with Crippen LogP contribution in [0.5, 0.6) is 0 Å². The highest BCUT2D eigenvalue weighted by Gasteiger charge is 2.12. The van der Waals surface area contributed by atoms with E-state index in [9.17, 15) is 0 Å². The minimum absolute atomic E-state index is 0.491. The molecule has 19 heavy (non-hydrogen) atoms. The van der Waals surface area contributed by atoms with Gasteiger partial charge in [-0.15, -0.1) is 0 Å². The molecule has 0 heterocycles. The summed E-state index contributed by atoms with van der Waals surface area (Å²) in [6.07, 6.45) is 1.17.